The molecule has 0 unspecified atom stereocenters. The van der Waals surface area contributed by atoms with E-state index in [2.05, 4.69) is 17.3 Å². The van der Waals surface area contributed by atoms with Crippen molar-refractivity contribution in [2.75, 3.05) is 33.3 Å². The molecule has 1 N–H and O–H groups in total. The van der Waals surface area contributed by atoms with Crippen LogP contribution in [-0.2, 0) is 4.74 Å². The van der Waals surface area contributed by atoms with Crippen molar-refractivity contribution in [2.45, 2.75) is 31.4 Å². The van der Waals surface area contributed by atoms with Gasteiger partial charge in [0.25, 0.3) is 0 Å². The Morgan fingerprint density at radius 3 is 2.36 bits per heavy atom. The third-order valence-electron chi connectivity index (χ3n) is 4.19. The van der Waals surface area contributed by atoms with Crippen molar-refractivity contribution in [3.63, 3.8) is 0 Å². The number of piperidine rings is 1. The summed E-state index contributed by atoms with van der Waals surface area (Å²) in [5, 5.41) is 3.66. The van der Waals surface area contributed by atoms with Crippen molar-refractivity contribution < 1.29 is 4.74 Å². The molecule has 0 aromatic carbocycles. The number of nitrogens with zero attached hydrogens (tertiary/aromatic N) is 1. The molecule has 0 aromatic heterocycles. The van der Waals surface area contributed by atoms with Crippen LogP contribution in [0.3, 0.4) is 0 Å². The summed E-state index contributed by atoms with van der Waals surface area (Å²) in [6, 6.07) is 0. The van der Waals surface area contributed by atoms with Crippen LogP contribution in [0.1, 0.15) is 25.7 Å². The van der Waals surface area contributed by atoms with E-state index in [0.717, 1.165) is 19.4 Å². The zero-order chi connectivity index (χ0) is 9.65. The van der Waals surface area contributed by atoms with E-state index in [1.165, 1.54) is 32.5 Å². The fourth-order valence-corrected chi connectivity index (χ4v) is 2.54. The summed E-state index contributed by atoms with van der Waals surface area (Å²) in [5.41, 5.74) is 0.592. The minimum absolute atomic E-state index is 0.0420. The second kappa shape index (κ2) is 2.94. The van der Waals surface area contributed by atoms with Gasteiger partial charge in [-0.05, 0) is 19.9 Å². The topological polar surface area (TPSA) is 24.5 Å². The summed E-state index contributed by atoms with van der Waals surface area (Å²) in [6.07, 6.45) is 5.05. The lowest BCUT2D eigenvalue weighted by Crippen LogP contribution is -2.60. The highest BCUT2D eigenvalue weighted by atomic mass is 16.5. The third-order valence-corrected chi connectivity index (χ3v) is 4.19. The van der Waals surface area contributed by atoms with E-state index in [0.29, 0.717) is 5.41 Å². The highest BCUT2D eigenvalue weighted by Gasteiger charge is 2.50. The van der Waals surface area contributed by atoms with E-state index in [4.69, 9.17) is 4.74 Å². The maximum Gasteiger partial charge on any atom is 0.121 e. The monoisotopic (exact) mass is 196 g/mol. The van der Waals surface area contributed by atoms with Crippen molar-refractivity contribution >= 4 is 0 Å². The highest BCUT2D eigenvalue weighted by molar-refractivity contribution is 5.01. The quantitative estimate of drug-likeness (QED) is 0.620. The number of likely N-dealkylation sites (tertiary alicyclic amines) is 1. The van der Waals surface area contributed by atoms with Crippen molar-refractivity contribution in [1.82, 2.24) is 10.2 Å². The van der Waals surface area contributed by atoms with Crippen LogP contribution in [0.15, 0.2) is 0 Å². The Hall–Kier alpha value is -0.120. The Bertz CT molecular complexity index is 217. The average molecular weight is 196 g/mol. The molecule has 0 radical (unpaired) electrons. The van der Waals surface area contributed by atoms with Gasteiger partial charge in [-0.2, -0.15) is 0 Å². The normalized spacial score (nSPS) is 34.9. The molecule has 80 valence electrons. The second-order valence-electron chi connectivity index (χ2n) is 5.44. The van der Waals surface area contributed by atoms with Gasteiger partial charge in [0.15, 0.2) is 0 Å². The summed E-state index contributed by atoms with van der Waals surface area (Å²) in [6.45, 7) is 4.53. The zero-order valence-electron chi connectivity index (χ0n) is 9.01. The second-order valence-corrected chi connectivity index (χ2v) is 5.44. The smallest absolute Gasteiger partial charge is 0.121 e. The Labute approximate surface area is 85.8 Å². The summed E-state index contributed by atoms with van der Waals surface area (Å²) in [5.74, 6) is 0. The fraction of sp³-hybridized carbons (Fsp3) is 1.00. The number of rotatable bonds is 0. The molecule has 3 fully saturated rings. The molecule has 3 aliphatic rings. The molecule has 0 amide bonds. The first-order valence-electron chi connectivity index (χ1n) is 5.80. The fourth-order valence-electron chi connectivity index (χ4n) is 2.54. The number of ether oxygens (including phenoxy) is 1. The molecule has 0 aromatic rings. The van der Waals surface area contributed by atoms with Crippen LogP contribution < -0.4 is 5.32 Å². The number of hydrogen-bond acceptors (Lipinski definition) is 3. The van der Waals surface area contributed by atoms with Crippen molar-refractivity contribution in [3.05, 3.63) is 0 Å². The molecule has 1 saturated carbocycles. The van der Waals surface area contributed by atoms with Crippen LogP contribution in [-0.4, -0.2) is 43.9 Å². The molecule has 3 heteroatoms. The van der Waals surface area contributed by atoms with Gasteiger partial charge in [0.1, 0.15) is 5.72 Å². The molecule has 2 heterocycles. The van der Waals surface area contributed by atoms with Crippen LogP contribution in [0.25, 0.3) is 0 Å². The molecule has 2 spiro atoms. The molecule has 2 saturated heterocycles. The van der Waals surface area contributed by atoms with Crippen LogP contribution >= 0.6 is 0 Å². The van der Waals surface area contributed by atoms with Crippen molar-refractivity contribution in [2.24, 2.45) is 5.41 Å². The molecule has 2 aliphatic heterocycles. The van der Waals surface area contributed by atoms with Gasteiger partial charge in [0.2, 0.25) is 0 Å². The van der Waals surface area contributed by atoms with Gasteiger partial charge in [-0.3, -0.25) is 5.32 Å². The highest BCUT2D eigenvalue weighted by Crippen LogP contribution is 2.48. The lowest BCUT2D eigenvalue weighted by Gasteiger charge is -2.46. The van der Waals surface area contributed by atoms with Gasteiger partial charge in [0, 0.05) is 37.9 Å². The van der Waals surface area contributed by atoms with Gasteiger partial charge in [-0.15, -0.1) is 0 Å². The van der Waals surface area contributed by atoms with E-state index in [9.17, 15) is 0 Å². The molecular formula is C11H20N2O. The summed E-state index contributed by atoms with van der Waals surface area (Å²) >= 11 is 0. The van der Waals surface area contributed by atoms with Crippen LogP contribution in [0.5, 0.6) is 0 Å². The number of nitrogens with one attached hydrogen (secondary N) is 1. The van der Waals surface area contributed by atoms with Gasteiger partial charge in [0.05, 0.1) is 6.61 Å². The first kappa shape index (κ1) is 9.13. The SMILES string of the molecule is CN1CCC2(CC1)NCC1(CC1)CO2. The van der Waals surface area contributed by atoms with E-state index in [-0.39, 0.29) is 5.72 Å². The minimum atomic E-state index is 0.0420. The Morgan fingerprint density at radius 1 is 1.14 bits per heavy atom. The van der Waals surface area contributed by atoms with E-state index < -0.39 is 0 Å². The predicted octanol–water partition coefficient (Wildman–Crippen LogP) is 0.808. The average Bonchev–Trinajstić information content (AvgIpc) is 2.97. The van der Waals surface area contributed by atoms with Gasteiger partial charge >= 0.3 is 0 Å². The molecule has 0 atom stereocenters. The predicted molar refractivity (Wildman–Crippen MR) is 55.1 cm³/mol. The molecule has 14 heavy (non-hydrogen) atoms. The standard InChI is InChI=1S/C11H20N2O/c1-13-6-4-11(5-7-13)12-8-10(2-3-10)9-14-11/h12H,2-9H2,1H3. The first-order valence-corrected chi connectivity index (χ1v) is 5.80. The lowest BCUT2D eigenvalue weighted by atomic mass is 9.96. The summed E-state index contributed by atoms with van der Waals surface area (Å²) in [7, 11) is 2.19. The Balaban J connectivity index is 1.62. The van der Waals surface area contributed by atoms with Gasteiger partial charge < -0.3 is 9.64 Å². The largest absolute Gasteiger partial charge is 0.360 e. The summed E-state index contributed by atoms with van der Waals surface area (Å²) < 4.78 is 6.09. The summed E-state index contributed by atoms with van der Waals surface area (Å²) in [4.78, 5) is 2.39. The molecule has 0 bridgehead atoms. The maximum absolute atomic E-state index is 6.09. The van der Waals surface area contributed by atoms with Gasteiger partial charge in [-0.25, -0.2) is 0 Å². The Morgan fingerprint density at radius 2 is 1.86 bits per heavy atom. The first-order chi connectivity index (χ1) is 6.72. The molecule has 3 nitrogen and oxygen atoms in total. The zero-order valence-corrected chi connectivity index (χ0v) is 9.01. The number of hydrogen-bond donors (Lipinski definition) is 1. The van der Waals surface area contributed by atoms with E-state index in [1.54, 1.807) is 0 Å². The van der Waals surface area contributed by atoms with Gasteiger partial charge in [-0.1, -0.05) is 0 Å². The molecule has 3 rings (SSSR count). The maximum atomic E-state index is 6.09. The van der Waals surface area contributed by atoms with Crippen LogP contribution in [0.4, 0.5) is 0 Å². The van der Waals surface area contributed by atoms with Crippen LogP contribution in [0.2, 0.25) is 0 Å². The van der Waals surface area contributed by atoms with Crippen molar-refractivity contribution in [3.8, 4) is 0 Å². The van der Waals surface area contributed by atoms with Crippen molar-refractivity contribution in [1.29, 1.82) is 0 Å². The lowest BCUT2D eigenvalue weighted by molar-refractivity contribution is -0.147. The van der Waals surface area contributed by atoms with E-state index >= 15 is 0 Å². The minimum Gasteiger partial charge on any atom is -0.360 e. The molecule has 1 aliphatic carbocycles. The van der Waals surface area contributed by atoms with Crippen LogP contribution in [0, 0.1) is 5.41 Å². The third kappa shape index (κ3) is 1.47. The Kier molecular flexibility index (Phi) is 1.92. The van der Waals surface area contributed by atoms with E-state index in [1.807, 2.05) is 0 Å². The molecular weight excluding hydrogens is 176 g/mol.